The highest BCUT2D eigenvalue weighted by Crippen LogP contribution is 2.66. The highest BCUT2D eigenvalue weighted by molar-refractivity contribution is 14.1. The molecule has 45 heavy (non-hydrogen) atoms. The normalized spacial score (nSPS) is 30.6. The number of hydrogen-bond acceptors (Lipinski definition) is 6. The lowest BCUT2D eigenvalue weighted by Crippen LogP contribution is -2.60. The number of allylic oxidation sites excluding steroid dienone is 2. The molecule has 0 spiro atoms. The molecule has 7 rings (SSSR count). The van der Waals surface area contributed by atoms with Gasteiger partial charge in [-0.25, -0.2) is 0 Å². The summed E-state index contributed by atoms with van der Waals surface area (Å²) in [7, 11) is 1.33. The fourth-order valence-electron chi connectivity index (χ4n) is 7.53. The van der Waals surface area contributed by atoms with Crippen LogP contribution < -0.4 is 9.64 Å². The summed E-state index contributed by atoms with van der Waals surface area (Å²) in [4.78, 5) is 53.5. The zero-order chi connectivity index (χ0) is 31.8. The predicted molar refractivity (Wildman–Crippen MR) is 176 cm³/mol. The molecule has 2 aliphatic carbocycles. The number of halogens is 3. The first-order chi connectivity index (χ1) is 21.5. The number of hydrogen-bond donors (Lipinski definition) is 1. The van der Waals surface area contributed by atoms with Gasteiger partial charge in [0.15, 0.2) is 9.75 Å². The van der Waals surface area contributed by atoms with Crippen LogP contribution in [-0.2, 0) is 25.8 Å². The molecule has 4 amide bonds. The molecule has 2 heterocycles. The summed E-state index contributed by atoms with van der Waals surface area (Å²) in [5, 5.41) is 11.4. The highest BCUT2D eigenvalue weighted by atomic mass is 127. The topological polar surface area (TPSA) is 104 Å². The smallest absolute Gasteiger partial charge is 0.253 e. The summed E-state index contributed by atoms with van der Waals surface area (Å²) < 4.78 is 6.86. The Kier molecular flexibility index (Phi) is 7.29. The zero-order valence-corrected chi connectivity index (χ0v) is 27.6. The molecular weight excluding hydrogens is 730 g/mol. The number of phenolic OH excluding ortho intramolecular Hbond substituents is 1. The van der Waals surface area contributed by atoms with Gasteiger partial charge in [-0.15, -0.1) is 23.2 Å². The maximum atomic E-state index is 14.1. The molecule has 3 fully saturated rings. The van der Waals surface area contributed by atoms with Gasteiger partial charge in [0.05, 0.1) is 17.5 Å². The van der Waals surface area contributed by atoms with E-state index in [0.29, 0.717) is 17.0 Å². The van der Waals surface area contributed by atoms with E-state index in [0.717, 1.165) is 14.0 Å². The van der Waals surface area contributed by atoms with Crippen LogP contribution in [0.4, 0.5) is 5.69 Å². The fraction of sp³-hybridized carbons (Fsp3) is 0.294. The molecule has 3 aromatic rings. The third kappa shape index (κ3) is 4.37. The average molecular weight is 757 g/mol. The fourth-order valence-corrected chi connectivity index (χ4v) is 8.90. The third-order valence-corrected chi connectivity index (χ3v) is 11.8. The van der Waals surface area contributed by atoms with E-state index < -0.39 is 45.2 Å². The molecule has 0 radical (unpaired) electrons. The second-order valence-corrected chi connectivity index (χ2v) is 14.5. The van der Waals surface area contributed by atoms with Gasteiger partial charge in [-0.1, -0.05) is 48.0 Å². The van der Waals surface area contributed by atoms with Crippen molar-refractivity contribution in [3.05, 3.63) is 99.1 Å². The van der Waals surface area contributed by atoms with Crippen LogP contribution in [0.15, 0.2) is 84.4 Å². The lowest BCUT2D eigenvalue weighted by molar-refractivity contribution is -0.138. The van der Waals surface area contributed by atoms with Crippen molar-refractivity contribution in [3.8, 4) is 11.5 Å². The number of carbonyl (C=O) groups is 4. The number of amides is 4. The number of aromatic hydroxyl groups is 1. The number of phenols is 1. The van der Waals surface area contributed by atoms with Gasteiger partial charge in [0.25, 0.3) is 11.8 Å². The summed E-state index contributed by atoms with van der Waals surface area (Å²) in [5.74, 6) is -5.10. The van der Waals surface area contributed by atoms with E-state index in [1.165, 1.54) is 18.0 Å². The summed E-state index contributed by atoms with van der Waals surface area (Å²) in [6, 6.07) is 21.4. The number of fused-ring (bicyclic) bond motifs is 4. The molecule has 8 nitrogen and oxygen atoms in total. The lowest BCUT2D eigenvalue weighted by Gasteiger charge is -2.50. The Morgan fingerprint density at radius 1 is 0.933 bits per heavy atom. The van der Waals surface area contributed by atoms with E-state index in [1.54, 1.807) is 24.3 Å². The molecule has 1 saturated carbocycles. The monoisotopic (exact) mass is 756 g/mol. The Morgan fingerprint density at radius 2 is 1.64 bits per heavy atom. The van der Waals surface area contributed by atoms with Crippen molar-refractivity contribution in [1.29, 1.82) is 0 Å². The quantitative estimate of drug-likeness (QED) is 0.154. The van der Waals surface area contributed by atoms with Crippen LogP contribution in [0, 0.1) is 21.3 Å². The van der Waals surface area contributed by atoms with Crippen molar-refractivity contribution in [2.45, 2.75) is 35.1 Å². The highest BCUT2D eigenvalue weighted by Gasteiger charge is 2.76. The number of rotatable bonds is 5. The standard InChI is InChI=1S/C34H27Cl2IN2O6/c1-38-31(43)33(35)16-25-22(13-14-24-27(25)30(42)39(29(24)41)20-9-7-19(37)8-10-20)28(34(33,36)32(38)44)23-12-11-21(15-26(23)40)45-17-18-5-3-2-4-6-18/h2-13,15,24-25,27-28,40H,14,16-17H2,1H3/t24-,25+,27-,28+,33+,34-/m0/s1. The number of carbonyl (C=O) groups excluding carboxylic acids is 4. The minimum absolute atomic E-state index is 0.116. The molecular formula is C34H27Cl2IN2O6. The first-order valence-corrected chi connectivity index (χ1v) is 16.3. The maximum Gasteiger partial charge on any atom is 0.253 e. The second kappa shape index (κ2) is 10.8. The number of likely N-dealkylation sites (tertiary alicyclic amines) is 1. The Labute approximate surface area is 283 Å². The summed E-state index contributed by atoms with van der Waals surface area (Å²) in [5.41, 5.74) is 2.30. The van der Waals surface area contributed by atoms with Crippen molar-refractivity contribution in [3.63, 3.8) is 0 Å². The molecule has 4 aliphatic rings. The van der Waals surface area contributed by atoms with Gasteiger partial charge in [-0.2, -0.15) is 0 Å². The number of imide groups is 2. The number of nitrogens with zero attached hydrogens (tertiary/aromatic N) is 2. The largest absolute Gasteiger partial charge is 0.508 e. The average Bonchev–Trinajstić information content (AvgIpc) is 3.36. The van der Waals surface area contributed by atoms with E-state index in [-0.39, 0.29) is 42.6 Å². The van der Waals surface area contributed by atoms with Crippen molar-refractivity contribution in [2.75, 3.05) is 11.9 Å². The van der Waals surface area contributed by atoms with Gasteiger partial charge in [-0.05, 0) is 77.2 Å². The second-order valence-electron chi connectivity index (χ2n) is 12.0. The van der Waals surface area contributed by atoms with Crippen LogP contribution in [-0.4, -0.2) is 50.4 Å². The van der Waals surface area contributed by atoms with Gasteiger partial charge in [0, 0.05) is 28.2 Å². The first-order valence-electron chi connectivity index (χ1n) is 14.5. The number of anilines is 1. The molecule has 6 atom stereocenters. The van der Waals surface area contributed by atoms with Crippen LogP contribution in [0.5, 0.6) is 11.5 Å². The third-order valence-electron chi connectivity index (χ3n) is 9.66. The van der Waals surface area contributed by atoms with E-state index >= 15 is 0 Å². The molecule has 3 aromatic carbocycles. The van der Waals surface area contributed by atoms with Crippen LogP contribution in [0.3, 0.4) is 0 Å². The van der Waals surface area contributed by atoms with E-state index in [9.17, 15) is 24.3 Å². The van der Waals surface area contributed by atoms with Crippen LogP contribution in [0.1, 0.15) is 29.9 Å². The zero-order valence-electron chi connectivity index (χ0n) is 24.0. The molecule has 2 saturated heterocycles. The van der Waals surface area contributed by atoms with Crippen molar-refractivity contribution < 1.29 is 29.0 Å². The summed E-state index contributed by atoms with van der Waals surface area (Å²) in [6.45, 7) is 0.272. The van der Waals surface area contributed by atoms with E-state index in [1.807, 2.05) is 48.5 Å². The number of alkyl halides is 2. The van der Waals surface area contributed by atoms with Gasteiger partial charge >= 0.3 is 0 Å². The summed E-state index contributed by atoms with van der Waals surface area (Å²) >= 11 is 16.6. The predicted octanol–water partition coefficient (Wildman–Crippen LogP) is 5.77. The maximum absolute atomic E-state index is 14.1. The Hall–Kier alpha value is -3.41. The molecule has 11 heteroatoms. The Morgan fingerprint density at radius 3 is 2.33 bits per heavy atom. The SMILES string of the molecule is CN1C(=O)[C@]2(Cl)C[C@@H]3C(=CC[C@@H]4C(=O)N(c5ccc(I)cc5)C(=O)[C@@H]43)[C@H](c3ccc(OCc4ccccc4)cc3O)[C@]2(Cl)C1=O. The van der Waals surface area contributed by atoms with Gasteiger partial charge in [0.1, 0.15) is 18.1 Å². The lowest BCUT2D eigenvalue weighted by atomic mass is 9.56. The van der Waals surface area contributed by atoms with E-state index in [4.69, 9.17) is 27.9 Å². The van der Waals surface area contributed by atoms with Crippen LogP contribution >= 0.6 is 45.8 Å². The minimum Gasteiger partial charge on any atom is -0.508 e. The minimum atomic E-state index is -1.99. The Balaban J connectivity index is 1.31. The number of ether oxygens (including phenoxy) is 1. The molecule has 0 unspecified atom stereocenters. The van der Waals surface area contributed by atoms with E-state index in [2.05, 4.69) is 22.6 Å². The molecule has 2 aliphatic heterocycles. The number of benzene rings is 3. The van der Waals surface area contributed by atoms with Crippen LogP contribution in [0.25, 0.3) is 0 Å². The van der Waals surface area contributed by atoms with Crippen molar-refractivity contribution >= 4 is 75.1 Å². The first kappa shape index (κ1) is 30.3. The summed E-state index contributed by atoms with van der Waals surface area (Å²) in [6.07, 6.45) is 1.96. The van der Waals surface area contributed by atoms with Crippen LogP contribution in [0.2, 0.25) is 0 Å². The Bertz CT molecular complexity index is 1800. The molecule has 230 valence electrons. The molecule has 1 N–H and O–H groups in total. The van der Waals surface area contributed by atoms with Gasteiger partial charge < -0.3 is 9.84 Å². The van der Waals surface area contributed by atoms with Gasteiger partial charge in [0.2, 0.25) is 11.8 Å². The van der Waals surface area contributed by atoms with Crippen molar-refractivity contribution in [1.82, 2.24) is 4.90 Å². The molecule has 0 aromatic heterocycles. The van der Waals surface area contributed by atoms with Gasteiger partial charge in [-0.3, -0.25) is 29.0 Å². The van der Waals surface area contributed by atoms with Crippen molar-refractivity contribution in [2.24, 2.45) is 17.8 Å². The molecule has 0 bridgehead atoms.